The molecule has 0 saturated heterocycles. The summed E-state index contributed by atoms with van der Waals surface area (Å²) in [7, 11) is 0. The summed E-state index contributed by atoms with van der Waals surface area (Å²) in [5.41, 5.74) is 1.66. The summed E-state index contributed by atoms with van der Waals surface area (Å²) < 4.78 is 1.80. The van der Waals surface area contributed by atoms with Gasteiger partial charge in [0.1, 0.15) is 10.7 Å². The molecule has 24 heavy (non-hydrogen) atoms. The summed E-state index contributed by atoms with van der Waals surface area (Å²) in [6.45, 7) is 0.715. The van der Waals surface area contributed by atoms with E-state index in [0.717, 1.165) is 47.5 Å². The zero-order valence-corrected chi connectivity index (χ0v) is 13.7. The van der Waals surface area contributed by atoms with Gasteiger partial charge in [0.2, 0.25) is 0 Å². The van der Waals surface area contributed by atoms with Gasteiger partial charge in [0, 0.05) is 36.0 Å². The van der Waals surface area contributed by atoms with Crippen molar-refractivity contribution in [3.05, 3.63) is 55.9 Å². The van der Waals surface area contributed by atoms with E-state index >= 15 is 0 Å². The number of aryl methyl sites for hydroxylation is 1. The highest BCUT2D eigenvalue weighted by Crippen LogP contribution is 2.32. The van der Waals surface area contributed by atoms with E-state index in [2.05, 4.69) is 0 Å². The van der Waals surface area contributed by atoms with E-state index in [0.29, 0.717) is 11.9 Å². The molecule has 0 unspecified atom stereocenters. The van der Waals surface area contributed by atoms with Crippen LogP contribution in [0.5, 0.6) is 0 Å². The quantitative estimate of drug-likeness (QED) is 0.525. The fourth-order valence-electron chi connectivity index (χ4n) is 3.19. The highest BCUT2D eigenvalue weighted by atomic mass is 32.1. The summed E-state index contributed by atoms with van der Waals surface area (Å²) in [5.74, 6) is 0.877. The molecule has 0 N–H and O–H groups in total. The van der Waals surface area contributed by atoms with Crippen LogP contribution in [0.4, 0.5) is 5.69 Å². The lowest BCUT2D eigenvalue weighted by Crippen LogP contribution is -2.24. The van der Waals surface area contributed by atoms with E-state index in [4.69, 9.17) is 4.98 Å². The first-order valence-electron chi connectivity index (χ1n) is 7.91. The molecule has 1 aliphatic heterocycles. The van der Waals surface area contributed by atoms with Crippen molar-refractivity contribution < 1.29 is 4.92 Å². The van der Waals surface area contributed by atoms with Crippen LogP contribution in [0.25, 0.3) is 21.3 Å². The van der Waals surface area contributed by atoms with Crippen molar-refractivity contribution in [2.24, 2.45) is 0 Å². The molecule has 0 radical (unpaired) electrons. The fraction of sp³-hybridized carbons (Fsp3) is 0.294. The van der Waals surface area contributed by atoms with Gasteiger partial charge in [0.05, 0.1) is 10.3 Å². The molecule has 0 aliphatic carbocycles. The predicted octanol–water partition coefficient (Wildman–Crippen LogP) is 3.76. The molecular formula is C17H15N3O3S. The maximum Gasteiger partial charge on any atom is 0.269 e. The van der Waals surface area contributed by atoms with Gasteiger partial charge in [-0.15, -0.1) is 11.3 Å². The molecule has 1 aromatic carbocycles. The molecule has 122 valence electrons. The molecule has 6 nitrogen and oxygen atoms in total. The Morgan fingerprint density at radius 1 is 1.17 bits per heavy atom. The van der Waals surface area contributed by atoms with Gasteiger partial charge in [-0.3, -0.25) is 19.5 Å². The Labute approximate surface area is 141 Å². The van der Waals surface area contributed by atoms with Gasteiger partial charge in [0.25, 0.3) is 11.2 Å². The number of hydrogen-bond donors (Lipinski definition) is 0. The Morgan fingerprint density at radius 2 is 1.96 bits per heavy atom. The Balaban J connectivity index is 1.89. The second-order valence-corrected chi connectivity index (χ2v) is 6.79. The average molecular weight is 341 g/mol. The van der Waals surface area contributed by atoms with Gasteiger partial charge in [-0.2, -0.15) is 0 Å². The lowest BCUT2D eigenvalue weighted by molar-refractivity contribution is -0.384. The largest absolute Gasteiger partial charge is 0.296 e. The second-order valence-electron chi connectivity index (χ2n) is 5.93. The summed E-state index contributed by atoms with van der Waals surface area (Å²) in [5, 5.41) is 13.3. The maximum atomic E-state index is 13.0. The molecule has 0 saturated carbocycles. The van der Waals surface area contributed by atoms with Crippen molar-refractivity contribution in [2.45, 2.75) is 32.2 Å². The number of non-ortho nitro benzene ring substituents is 1. The Bertz CT molecular complexity index is 989. The van der Waals surface area contributed by atoms with Crippen molar-refractivity contribution in [3.63, 3.8) is 0 Å². The molecule has 7 heteroatoms. The molecule has 0 bridgehead atoms. The monoisotopic (exact) mass is 341 g/mol. The van der Waals surface area contributed by atoms with E-state index in [1.165, 1.54) is 23.5 Å². The van der Waals surface area contributed by atoms with E-state index in [1.54, 1.807) is 16.7 Å². The van der Waals surface area contributed by atoms with E-state index < -0.39 is 4.92 Å². The van der Waals surface area contributed by atoms with Crippen molar-refractivity contribution in [1.82, 2.24) is 9.55 Å². The molecule has 2 aromatic heterocycles. The fourth-order valence-corrected chi connectivity index (χ4v) is 4.15. The number of rotatable bonds is 2. The highest BCUT2D eigenvalue weighted by molar-refractivity contribution is 7.17. The standard InChI is InChI=1S/C17H15N3O3S/c21-17-15-13(11-5-7-12(8-6-11)20(22)23)10-24-16(15)18-14-4-2-1-3-9-19(14)17/h5-8,10H,1-4,9H2. The molecule has 3 aromatic rings. The van der Waals surface area contributed by atoms with Crippen molar-refractivity contribution in [2.75, 3.05) is 0 Å². The number of nitro groups is 1. The summed E-state index contributed by atoms with van der Waals surface area (Å²) >= 11 is 1.45. The summed E-state index contributed by atoms with van der Waals surface area (Å²) in [4.78, 5) is 28.8. The number of benzene rings is 1. The van der Waals surface area contributed by atoms with E-state index in [-0.39, 0.29) is 11.2 Å². The number of nitrogens with zero attached hydrogens (tertiary/aromatic N) is 3. The van der Waals surface area contributed by atoms with Crippen molar-refractivity contribution in [1.29, 1.82) is 0 Å². The van der Waals surface area contributed by atoms with E-state index in [9.17, 15) is 14.9 Å². The molecule has 4 rings (SSSR count). The summed E-state index contributed by atoms with van der Waals surface area (Å²) in [6, 6.07) is 6.31. The zero-order valence-electron chi connectivity index (χ0n) is 12.9. The third-order valence-corrected chi connectivity index (χ3v) is 5.32. The van der Waals surface area contributed by atoms with Gasteiger partial charge >= 0.3 is 0 Å². The number of nitro benzene ring substituents is 1. The van der Waals surface area contributed by atoms with Gasteiger partial charge < -0.3 is 0 Å². The maximum absolute atomic E-state index is 13.0. The zero-order chi connectivity index (χ0) is 16.7. The third kappa shape index (κ3) is 2.41. The number of fused-ring (bicyclic) bond motifs is 2. The van der Waals surface area contributed by atoms with Crippen LogP contribution >= 0.6 is 11.3 Å². The topological polar surface area (TPSA) is 78.0 Å². The highest BCUT2D eigenvalue weighted by Gasteiger charge is 2.18. The normalized spacial score (nSPS) is 14.3. The molecule has 0 amide bonds. The molecule has 1 aliphatic rings. The molecule has 0 fully saturated rings. The minimum Gasteiger partial charge on any atom is -0.296 e. The van der Waals surface area contributed by atoms with Crippen molar-refractivity contribution in [3.8, 4) is 11.1 Å². The number of aromatic nitrogens is 2. The van der Waals surface area contributed by atoms with Gasteiger partial charge in [0.15, 0.2) is 0 Å². The molecular weight excluding hydrogens is 326 g/mol. The molecule has 3 heterocycles. The van der Waals surface area contributed by atoms with Crippen LogP contribution in [-0.4, -0.2) is 14.5 Å². The average Bonchev–Trinajstić information content (AvgIpc) is 2.86. The van der Waals surface area contributed by atoms with Gasteiger partial charge in [-0.05, 0) is 30.5 Å². The van der Waals surface area contributed by atoms with Crippen molar-refractivity contribution >= 4 is 27.2 Å². The predicted molar refractivity (Wildman–Crippen MR) is 93.5 cm³/mol. The minimum absolute atomic E-state index is 0.00602. The second kappa shape index (κ2) is 5.83. The SMILES string of the molecule is O=c1c2c(-c3ccc([N+](=O)[O-])cc3)csc2nc2n1CCCCC2. The third-order valence-electron chi connectivity index (χ3n) is 4.44. The van der Waals surface area contributed by atoms with Crippen LogP contribution in [0.3, 0.4) is 0 Å². The number of thiophene rings is 1. The number of hydrogen-bond acceptors (Lipinski definition) is 5. The van der Waals surface area contributed by atoms with Crippen LogP contribution in [0, 0.1) is 10.1 Å². The van der Waals surface area contributed by atoms with Gasteiger partial charge in [-0.1, -0.05) is 6.42 Å². The summed E-state index contributed by atoms with van der Waals surface area (Å²) in [6.07, 6.45) is 4.03. The first kappa shape index (κ1) is 15.0. The Hall–Kier alpha value is -2.54. The molecule has 0 atom stereocenters. The lowest BCUT2D eigenvalue weighted by Gasteiger charge is -2.09. The first-order valence-corrected chi connectivity index (χ1v) is 8.79. The Kier molecular flexibility index (Phi) is 3.65. The van der Waals surface area contributed by atoms with E-state index in [1.807, 2.05) is 5.38 Å². The Morgan fingerprint density at radius 3 is 2.71 bits per heavy atom. The van der Waals surface area contributed by atoms with Gasteiger partial charge in [-0.25, -0.2) is 4.98 Å². The van der Waals surface area contributed by atoms with Crippen LogP contribution in [0.1, 0.15) is 25.1 Å². The van der Waals surface area contributed by atoms with Crippen LogP contribution in [0.2, 0.25) is 0 Å². The van der Waals surface area contributed by atoms with Crippen LogP contribution in [0.15, 0.2) is 34.4 Å². The molecule has 0 spiro atoms. The van der Waals surface area contributed by atoms with Crippen LogP contribution < -0.4 is 5.56 Å². The lowest BCUT2D eigenvalue weighted by atomic mass is 10.1. The first-order chi connectivity index (χ1) is 11.6. The van der Waals surface area contributed by atoms with Crippen LogP contribution in [-0.2, 0) is 13.0 Å². The smallest absolute Gasteiger partial charge is 0.269 e. The minimum atomic E-state index is -0.425.